The van der Waals surface area contributed by atoms with Crippen LogP contribution in [0.1, 0.15) is 45.4 Å². The second-order valence-electron chi connectivity index (χ2n) is 7.21. The van der Waals surface area contributed by atoms with Crippen LogP contribution in [0, 0.1) is 17.8 Å². The van der Waals surface area contributed by atoms with E-state index in [-0.39, 0.29) is 5.91 Å². The molecule has 2 saturated carbocycles. The van der Waals surface area contributed by atoms with Gasteiger partial charge in [-0.15, -0.1) is 0 Å². The van der Waals surface area contributed by atoms with Gasteiger partial charge in [0.15, 0.2) is 5.96 Å². The molecule has 22 heavy (non-hydrogen) atoms. The fraction of sp³-hybridized carbons (Fsp3) is 0.882. The highest BCUT2D eigenvalue weighted by Crippen LogP contribution is 2.49. The first-order valence-electron chi connectivity index (χ1n) is 8.96. The van der Waals surface area contributed by atoms with Crippen molar-refractivity contribution in [1.29, 1.82) is 0 Å². The molecule has 1 saturated heterocycles. The van der Waals surface area contributed by atoms with Crippen LogP contribution in [0.2, 0.25) is 0 Å². The van der Waals surface area contributed by atoms with Gasteiger partial charge in [-0.25, -0.2) is 0 Å². The third-order valence-electron chi connectivity index (χ3n) is 5.23. The molecule has 0 aromatic rings. The maximum Gasteiger partial charge on any atom is 0.222 e. The molecule has 1 unspecified atom stereocenters. The highest BCUT2D eigenvalue weighted by atomic mass is 16.2. The van der Waals surface area contributed by atoms with Crippen LogP contribution in [0.25, 0.3) is 0 Å². The number of guanidine groups is 1. The number of likely N-dealkylation sites (N-methyl/N-ethyl adjacent to an activating group) is 1. The summed E-state index contributed by atoms with van der Waals surface area (Å²) < 4.78 is 0. The maximum atomic E-state index is 11.6. The molecule has 1 atom stereocenters. The van der Waals surface area contributed by atoms with Gasteiger partial charge in [-0.3, -0.25) is 9.79 Å². The van der Waals surface area contributed by atoms with Gasteiger partial charge in [0.2, 0.25) is 5.91 Å². The molecule has 124 valence electrons. The second kappa shape index (κ2) is 6.88. The Morgan fingerprint density at radius 1 is 1.27 bits per heavy atom. The van der Waals surface area contributed by atoms with Crippen LogP contribution in [-0.4, -0.2) is 49.5 Å². The summed E-state index contributed by atoms with van der Waals surface area (Å²) in [5, 5.41) is 6.89. The fourth-order valence-corrected chi connectivity index (χ4v) is 3.57. The lowest BCUT2D eigenvalue weighted by atomic mass is 9.98. The number of rotatable bonds is 6. The number of hydrogen-bond donors (Lipinski definition) is 2. The quantitative estimate of drug-likeness (QED) is 0.579. The Morgan fingerprint density at radius 3 is 2.50 bits per heavy atom. The first-order valence-corrected chi connectivity index (χ1v) is 8.96. The zero-order chi connectivity index (χ0) is 15.5. The molecule has 3 aliphatic rings. The van der Waals surface area contributed by atoms with Gasteiger partial charge in [0.25, 0.3) is 0 Å². The fourth-order valence-electron chi connectivity index (χ4n) is 3.57. The SMILES string of the molecule is CCNC(=NCC(C1CC1)C1CC1)NC1CCC(=O)N(C)C1. The van der Waals surface area contributed by atoms with Crippen LogP contribution in [0.5, 0.6) is 0 Å². The third-order valence-corrected chi connectivity index (χ3v) is 5.23. The molecule has 0 bridgehead atoms. The van der Waals surface area contributed by atoms with Gasteiger partial charge in [-0.05, 0) is 56.8 Å². The van der Waals surface area contributed by atoms with E-state index >= 15 is 0 Å². The topological polar surface area (TPSA) is 56.7 Å². The van der Waals surface area contributed by atoms with Crippen molar-refractivity contribution >= 4 is 11.9 Å². The summed E-state index contributed by atoms with van der Waals surface area (Å²) in [6.45, 7) is 4.72. The van der Waals surface area contributed by atoms with Crippen molar-refractivity contribution in [2.75, 3.05) is 26.7 Å². The van der Waals surface area contributed by atoms with Crippen molar-refractivity contribution in [2.45, 2.75) is 51.5 Å². The molecular formula is C17H30N4O. The number of carbonyl (C=O) groups excluding carboxylic acids is 1. The Bertz CT molecular complexity index is 416. The molecular weight excluding hydrogens is 276 g/mol. The summed E-state index contributed by atoms with van der Waals surface area (Å²) in [6.07, 6.45) is 7.20. The van der Waals surface area contributed by atoms with Gasteiger partial charge in [0.05, 0.1) is 0 Å². The molecule has 2 aliphatic carbocycles. The van der Waals surface area contributed by atoms with E-state index < -0.39 is 0 Å². The summed E-state index contributed by atoms with van der Waals surface area (Å²) in [5.41, 5.74) is 0. The lowest BCUT2D eigenvalue weighted by Crippen LogP contribution is -2.51. The zero-order valence-corrected chi connectivity index (χ0v) is 14.0. The number of nitrogens with zero attached hydrogens (tertiary/aromatic N) is 2. The van der Waals surface area contributed by atoms with E-state index in [4.69, 9.17) is 4.99 Å². The van der Waals surface area contributed by atoms with Crippen LogP contribution < -0.4 is 10.6 Å². The van der Waals surface area contributed by atoms with E-state index in [0.29, 0.717) is 12.5 Å². The Labute approximate surface area is 133 Å². The van der Waals surface area contributed by atoms with Crippen LogP contribution >= 0.6 is 0 Å². The second-order valence-corrected chi connectivity index (χ2v) is 7.21. The number of aliphatic imine (C=N–C) groups is 1. The number of hydrogen-bond acceptors (Lipinski definition) is 2. The molecule has 5 nitrogen and oxygen atoms in total. The van der Waals surface area contributed by atoms with Crippen molar-refractivity contribution in [3.8, 4) is 0 Å². The molecule has 3 fully saturated rings. The number of likely N-dealkylation sites (tertiary alicyclic amines) is 1. The van der Waals surface area contributed by atoms with E-state index in [9.17, 15) is 4.79 Å². The predicted molar refractivity (Wildman–Crippen MR) is 88.7 cm³/mol. The molecule has 0 radical (unpaired) electrons. The zero-order valence-electron chi connectivity index (χ0n) is 14.0. The first kappa shape index (κ1) is 15.6. The molecule has 2 N–H and O–H groups in total. The summed E-state index contributed by atoms with van der Waals surface area (Å²) >= 11 is 0. The van der Waals surface area contributed by atoms with Crippen LogP contribution in [0.3, 0.4) is 0 Å². The molecule has 1 aliphatic heterocycles. The van der Waals surface area contributed by atoms with E-state index in [0.717, 1.165) is 49.8 Å². The van der Waals surface area contributed by atoms with E-state index in [1.807, 2.05) is 11.9 Å². The highest BCUT2D eigenvalue weighted by molar-refractivity contribution is 5.81. The molecule has 1 amide bonds. The summed E-state index contributed by atoms with van der Waals surface area (Å²) in [5.74, 6) is 3.88. The summed E-state index contributed by atoms with van der Waals surface area (Å²) in [6, 6.07) is 0.320. The van der Waals surface area contributed by atoms with Gasteiger partial charge in [0, 0.05) is 39.1 Å². The minimum Gasteiger partial charge on any atom is -0.357 e. The minimum atomic E-state index is 0.252. The van der Waals surface area contributed by atoms with Gasteiger partial charge in [-0.2, -0.15) is 0 Å². The Kier molecular flexibility index (Phi) is 4.89. The largest absolute Gasteiger partial charge is 0.357 e. The number of nitrogens with one attached hydrogen (secondary N) is 2. The molecule has 0 aromatic carbocycles. The van der Waals surface area contributed by atoms with Gasteiger partial charge < -0.3 is 15.5 Å². The van der Waals surface area contributed by atoms with E-state index in [2.05, 4.69) is 17.6 Å². The smallest absolute Gasteiger partial charge is 0.222 e. The molecule has 1 heterocycles. The van der Waals surface area contributed by atoms with E-state index in [1.54, 1.807) is 0 Å². The predicted octanol–water partition coefficient (Wildman–Crippen LogP) is 1.60. The monoisotopic (exact) mass is 306 g/mol. The van der Waals surface area contributed by atoms with Gasteiger partial charge in [0.1, 0.15) is 0 Å². The Morgan fingerprint density at radius 2 is 1.95 bits per heavy atom. The van der Waals surface area contributed by atoms with Crippen LogP contribution in [0.4, 0.5) is 0 Å². The van der Waals surface area contributed by atoms with Crippen molar-refractivity contribution in [1.82, 2.24) is 15.5 Å². The van der Waals surface area contributed by atoms with Crippen molar-refractivity contribution < 1.29 is 4.79 Å². The average Bonchev–Trinajstić information content (AvgIpc) is 3.36. The van der Waals surface area contributed by atoms with E-state index in [1.165, 1.54) is 25.7 Å². The van der Waals surface area contributed by atoms with Crippen LogP contribution in [-0.2, 0) is 4.79 Å². The number of carbonyl (C=O) groups is 1. The molecule has 0 spiro atoms. The summed E-state index contributed by atoms with van der Waals surface area (Å²) in [4.78, 5) is 18.3. The number of amides is 1. The molecule has 5 heteroatoms. The maximum absolute atomic E-state index is 11.6. The van der Waals surface area contributed by atoms with Crippen LogP contribution in [0.15, 0.2) is 4.99 Å². The van der Waals surface area contributed by atoms with Crippen molar-refractivity contribution in [2.24, 2.45) is 22.7 Å². The number of piperidine rings is 1. The first-order chi connectivity index (χ1) is 10.7. The average molecular weight is 306 g/mol. The van der Waals surface area contributed by atoms with Crippen molar-refractivity contribution in [3.05, 3.63) is 0 Å². The molecule has 0 aromatic heterocycles. The standard InChI is InChI=1S/C17H30N4O/c1-3-18-17(20-14-8-9-16(22)21(2)11-14)19-10-15(12-4-5-12)13-6-7-13/h12-15H,3-11H2,1-2H3,(H2,18,19,20). The van der Waals surface area contributed by atoms with Gasteiger partial charge >= 0.3 is 0 Å². The third kappa shape index (κ3) is 4.14. The summed E-state index contributed by atoms with van der Waals surface area (Å²) in [7, 11) is 1.89. The lowest BCUT2D eigenvalue weighted by Gasteiger charge is -2.31. The Hall–Kier alpha value is -1.26. The van der Waals surface area contributed by atoms with Crippen molar-refractivity contribution in [3.63, 3.8) is 0 Å². The highest BCUT2D eigenvalue weighted by Gasteiger charge is 2.41. The Balaban J connectivity index is 1.54. The van der Waals surface area contributed by atoms with Gasteiger partial charge in [-0.1, -0.05) is 0 Å². The normalized spacial score (nSPS) is 26.5. The molecule has 3 rings (SSSR count). The lowest BCUT2D eigenvalue weighted by molar-refractivity contribution is -0.132. The minimum absolute atomic E-state index is 0.252.